The van der Waals surface area contributed by atoms with Crippen molar-refractivity contribution >= 4 is 5.69 Å². The maximum atomic E-state index is 10.4. The largest absolute Gasteiger partial charge is 0.497 e. The van der Waals surface area contributed by atoms with Crippen molar-refractivity contribution in [2.24, 2.45) is 0 Å². The summed E-state index contributed by atoms with van der Waals surface area (Å²) in [5.41, 5.74) is 6.31. The number of anilines is 1. The van der Waals surface area contributed by atoms with Gasteiger partial charge in [-0.05, 0) is 36.2 Å². The molecule has 0 bridgehead atoms. The Morgan fingerprint density at radius 3 is 2.45 bits per heavy atom. The summed E-state index contributed by atoms with van der Waals surface area (Å²) in [6.07, 6.45) is -4.99. The Labute approximate surface area is 169 Å². The number of hydrogen-bond donors (Lipinski definition) is 5. The van der Waals surface area contributed by atoms with E-state index in [0.29, 0.717) is 17.9 Å². The molecule has 6 N–H and O–H groups in total. The summed E-state index contributed by atoms with van der Waals surface area (Å²) in [5.74, 6) is 1.12. The van der Waals surface area contributed by atoms with Gasteiger partial charge >= 0.3 is 0 Å². The van der Waals surface area contributed by atoms with E-state index in [1.807, 2.05) is 24.3 Å². The number of hydrogen-bond acceptors (Lipinski definition) is 8. The first-order chi connectivity index (χ1) is 13.8. The van der Waals surface area contributed by atoms with Crippen molar-refractivity contribution in [1.29, 1.82) is 0 Å². The molecule has 29 heavy (non-hydrogen) atoms. The topological polar surface area (TPSA) is 135 Å². The molecule has 1 heterocycles. The van der Waals surface area contributed by atoms with Crippen molar-refractivity contribution in [2.45, 2.75) is 43.5 Å². The van der Waals surface area contributed by atoms with E-state index in [0.717, 1.165) is 16.9 Å². The molecule has 0 amide bonds. The van der Waals surface area contributed by atoms with Gasteiger partial charge in [-0.2, -0.15) is 0 Å². The van der Waals surface area contributed by atoms with Gasteiger partial charge in [-0.1, -0.05) is 18.2 Å². The predicted molar refractivity (Wildman–Crippen MR) is 106 cm³/mol. The monoisotopic (exact) mass is 405 g/mol. The molecule has 3 rings (SSSR count). The number of nitrogen functional groups attached to an aromatic ring is 1. The smallest absolute Gasteiger partial charge is 0.229 e. The lowest BCUT2D eigenvalue weighted by atomic mass is 9.86. The van der Waals surface area contributed by atoms with E-state index in [1.165, 1.54) is 6.92 Å². The Balaban J connectivity index is 1.83. The summed E-state index contributed by atoms with van der Waals surface area (Å²) >= 11 is 0. The maximum Gasteiger partial charge on any atom is 0.229 e. The zero-order chi connectivity index (χ0) is 21.2. The quantitative estimate of drug-likeness (QED) is 0.437. The maximum absolute atomic E-state index is 10.4. The van der Waals surface area contributed by atoms with Crippen LogP contribution in [0.5, 0.6) is 11.5 Å². The van der Waals surface area contributed by atoms with Gasteiger partial charge in [0, 0.05) is 18.2 Å². The van der Waals surface area contributed by atoms with Crippen molar-refractivity contribution in [2.75, 3.05) is 19.5 Å². The van der Waals surface area contributed by atoms with Gasteiger partial charge in [-0.15, -0.1) is 0 Å². The summed E-state index contributed by atoms with van der Waals surface area (Å²) in [5, 5.41) is 40.4. The molecule has 0 radical (unpaired) electrons. The molecule has 0 saturated carbocycles. The lowest BCUT2D eigenvalue weighted by Gasteiger charge is -2.45. The molecule has 158 valence electrons. The third-order valence-corrected chi connectivity index (χ3v) is 5.21. The lowest BCUT2D eigenvalue weighted by Crippen LogP contribution is -2.66. The molecule has 1 aliphatic rings. The molecular weight excluding hydrogens is 378 g/mol. The standard InChI is InChI=1S/C21H27NO7/c1-21(26)17(11-23)29-20(18(24)19(21)25)28-16-10-14(22)6-5-13(16)9-12-3-7-15(27-2)8-4-12/h3-8,10,17-20,23-26H,9,11,22H2,1-2H3/t17-,18-,19-,20-,21-/m1/s1. The minimum Gasteiger partial charge on any atom is -0.497 e. The molecule has 1 fully saturated rings. The Kier molecular flexibility index (Phi) is 6.30. The van der Waals surface area contributed by atoms with Gasteiger partial charge in [-0.3, -0.25) is 0 Å². The number of ether oxygens (including phenoxy) is 3. The van der Waals surface area contributed by atoms with Gasteiger partial charge in [0.05, 0.1) is 13.7 Å². The Morgan fingerprint density at radius 2 is 1.83 bits per heavy atom. The van der Waals surface area contributed by atoms with E-state index in [9.17, 15) is 20.4 Å². The Hall–Kier alpha value is -2.36. The molecule has 0 aliphatic carbocycles. The molecule has 0 aromatic heterocycles. The summed E-state index contributed by atoms with van der Waals surface area (Å²) < 4.78 is 16.5. The minimum absolute atomic E-state index is 0.371. The van der Waals surface area contributed by atoms with E-state index >= 15 is 0 Å². The van der Waals surface area contributed by atoms with Crippen LogP contribution in [0.15, 0.2) is 42.5 Å². The van der Waals surface area contributed by atoms with E-state index in [4.69, 9.17) is 19.9 Å². The Morgan fingerprint density at radius 1 is 1.14 bits per heavy atom. The first-order valence-corrected chi connectivity index (χ1v) is 9.29. The third kappa shape index (κ3) is 4.47. The van der Waals surface area contributed by atoms with Gasteiger partial charge < -0.3 is 40.4 Å². The normalized spacial score (nSPS) is 29.4. The fourth-order valence-electron chi connectivity index (χ4n) is 3.31. The lowest BCUT2D eigenvalue weighted by molar-refractivity contribution is -0.308. The van der Waals surface area contributed by atoms with Crippen LogP contribution in [0.25, 0.3) is 0 Å². The molecule has 5 atom stereocenters. The first-order valence-electron chi connectivity index (χ1n) is 9.29. The van der Waals surface area contributed by atoms with Crippen LogP contribution in [-0.2, 0) is 11.2 Å². The number of nitrogens with two attached hydrogens (primary N) is 1. The first kappa shape index (κ1) is 21.4. The SMILES string of the molecule is COc1ccc(Cc2ccc(N)cc2O[C@@H]2O[C@H](CO)[C@@](C)(O)[C@H](O)[C@H]2O)cc1. The highest BCUT2D eigenvalue weighted by molar-refractivity contribution is 5.50. The molecule has 8 heteroatoms. The molecule has 2 aromatic carbocycles. The zero-order valence-corrected chi connectivity index (χ0v) is 16.4. The van der Waals surface area contributed by atoms with Crippen LogP contribution in [-0.4, -0.2) is 64.3 Å². The van der Waals surface area contributed by atoms with E-state index in [2.05, 4.69) is 0 Å². The second-order valence-corrected chi connectivity index (χ2v) is 7.35. The molecule has 0 spiro atoms. The van der Waals surface area contributed by atoms with E-state index in [-0.39, 0.29) is 0 Å². The van der Waals surface area contributed by atoms with Gasteiger partial charge in [0.1, 0.15) is 35.4 Å². The zero-order valence-electron chi connectivity index (χ0n) is 16.4. The van der Waals surface area contributed by atoms with Crippen molar-refractivity contribution in [3.8, 4) is 11.5 Å². The van der Waals surface area contributed by atoms with Crippen LogP contribution in [0.2, 0.25) is 0 Å². The number of methoxy groups -OCH3 is 1. The molecule has 8 nitrogen and oxygen atoms in total. The molecular formula is C21H27NO7. The van der Waals surface area contributed by atoms with Crippen molar-refractivity contribution in [3.05, 3.63) is 53.6 Å². The van der Waals surface area contributed by atoms with Crippen LogP contribution in [0, 0.1) is 0 Å². The highest BCUT2D eigenvalue weighted by Crippen LogP contribution is 2.33. The highest BCUT2D eigenvalue weighted by Gasteiger charge is 2.52. The van der Waals surface area contributed by atoms with Gasteiger partial charge in [0.25, 0.3) is 0 Å². The predicted octanol–water partition coefficient (Wildman–Crippen LogP) is 0.437. The molecule has 1 aliphatic heterocycles. The van der Waals surface area contributed by atoms with Crippen LogP contribution in [0.3, 0.4) is 0 Å². The van der Waals surface area contributed by atoms with E-state index in [1.54, 1.807) is 25.3 Å². The third-order valence-electron chi connectivity index (χ3n) is 5.21. The van der Waals surface area contributed by atoms with Gasteiger partial charge in [-0.25, -0.2) is 0 Å². The van der Waals surface area contributed by atoms with Crippen LogP contribution in [0.1, 0.15) is 18.1 Å². The minimum atomic E-state index is -1.82. The highest BCUT2D eigenvalue weighted by atomic mass is 16.7. The second kappa shape index (κ2) is 8.56. The van der Waals surface area contributed by atoms with Gasteiger partial charge in [0.2, 0.25) is 6.29 Å². The van der Waals surface area contributed by atoms with Crippen LogP contribution in [0.4, 0.5) is 5.69 Å². The number of aliphatic hydroxyl groups excluding tert-OH is 3. The van der Waals surface area contributed by atoms with Crippen molar-refractivity contribution in [3.63, 3.8) is 0 Å². The number of benzene rings is 2. The summed E-state index contributed by atoms with van der Waals surface area (Å²) in [6.45, 7) is 0.736. The number of aliphatic hydroxyl groups is 4. The summed E-state index contributed by atoms with van der Waals surface area (Å²) in [6, 6.07) is 12.7. The van der Waals surface area contributed by atoms with Crippen LogP contribution < -0.4 is 15.2 Å². The van der Waals surface area contributed by atoms with E-state index < -0.39 is 36.8 Å². The average molecular weight is 405 g/mol. The van der Waals surface area contributed by atoms with Crippen LogP contribution >= 0.6 is 0 Å². The number of rotatable bonds is 6. The molecule has 1 saturated heterocycles. The van der Waals surface area contributed by atoms with Crippen molar-refractivity contribution < 1.29 is 34.6 Å². The molecule has 0 unspecified atom stereocenters. The second-order valence-electron chi connectivity index (χ2n) is 7.35. The molecule has 2 aromatic rings. The van der Waals surface area contributed by atoms with Gasteiger partial charge in [0.15, 0.2) is 0 Å². The van der Waals surface area contributed by atoms with Crippen molar-refractivity contribution in [1.82, 2.24) is 0 Å². The fourth-order valence-corrected chi connectivity index (χ4v) is 3.31. The average Bonchev–Trinajstić information content (AvgIpc) is 2.71. The summed E-state index contributed by atoms with van der Waals surface area (Å²) in [4.78, 5) is 0. The Bertz CT molecular complexity index is 820. The fraction of sp³-hybridized carbons (Fsp3) is 0.429. The summed E-state index contributed by atoms with van der Waals surface area (Å²) in [7, 11) is 1.60.